The molecule has 1 heterocycles. The van der Waals surface area contributed by atoms with E-state index in [2.05, 4.69) is 15.9 Å². The number of hydrogen-bond donors (Lipinski definition) is 2. The third-order valence-electron chi connectivity index (χ3n) is 2.93. The van der Waals surface area contributed by atoms with Crippen molar-refractivity contribution in [3.63, 3.8) is 0 Å². The van der Waals surface area contributed by atoms with E-state index >= 15 is 0 Å². The van der Waals surface area contributed by atoms with Crippen LogP contribution >= 0.6 is 27.9 Å². The maximum absolute atomic E-state index is 11.2. The highest BCUT2D eigenvalue weighted by atomic mass is 79.9. The van der Waals surface area contributed by atoms with Gasteiger partial charge in [0, 0.05) is 21.6 Å². The number of nitrogens with two attached hydrogens (primary N) is 1. The molecule has 1 aromatic carbocycles. The maximum Gasteiger partial charge on any atom is 0.321 e. The molecule has 1 aliphatic rings. The lowest BCUT2D eigenvalue weighted by atomic mass is 10.1. The van der Waals surface area contributed by atoms with Crippen LogP contribution in [-0.2, 0) is 4.79 Å². The van der Waals surface area contributed by atoms with Crippen molar-refractivity contribution in [2.75, 3.05) is 12.3 Å². The second-order valence-corrected chi connectivity index (χ2v) is 6.27. The summed E-state index contributed by atoms with van der Waals surface area (Å²) in [5, 5.41) is 9.21. The van der Waals surface area contributed by atoms with Gasteiger partial charge in [0.15, 0.2) is 0 Å². The molecule has 0 spiro atoms. The Labute approximate surface area is 119 Å². The highest BCUT2D eigenvalue weighted by Crippen LogP contribution is 2.34. The summed E-state index contributed by atoms with van der Waals surface area (Å²) in [5.74, 6) is -0.752. The van der Waals surface area contributed by atoms with Crippen LogP contribution < -0.4 is 5.73 Å². The Morgan fingerprint density at radius 1 is 1.50 bits per heavy atom. The van der Waals surface area contributed by atoms with E-state index in [9.17, 15) is 9.90 Å². The van der Waals surface area contributed by atoms with Crippen LogP contribution in [0, 0.1) is 0 Å². The van der Waals surface area contributed by atoms with Gasteiger partial charge in [0.1, 0.15) is 6.04 Å². The largest absolute Gasteiger partial charge is 0.480 e. The number of rotatable bonds is 3. The summed E-state index contributed by atoms with van der Waals surface area (Å²) in [6.45, 7) is 0.789. The molecule has 4 nitrogen and oxygen atoms in total. The number of anilines is 1. The van der Waals surface area contributed by atoms with E-state index in [1.54, 1.807) is 0 Å². The molecule has 2 rings (SSSR count). The van der Waals surface area contributed by atoms with Crippen molar-refractivity contribution in [3.8, 4) is 0 Å². The van der Waals surface area contributed by atoms with Gasteiger partial charge < -0.3 is 10.8 Å². The fraction of sp³-hybridized carbons (Fsp3) is 0.417. The average molecular weight is 331 g/mol. The molecule has 6 heteroatoms. The highest BCUT2D eigenvalue weighted by molar-refractivity contribution is 9.10. The van der Waals surface area contributed by atoms with Crippen LogP contribution in [0.1, 0.15) is 19.3 Å². The van der Waals surface area contributed by atoms with Gasteiger partial charge in [-0.15, -0.1) is 0 Å². The van der Waals surface area contributed by atoms with E-state index in [0.29, 0.717) is 12.1 Å². The first kappa shape index (κ1) is 13.7. The van der Waals surface area contributed by atoms with Crippen LogP contribution in [0.15, 0.2) is 27.6 Å². The van der Waals surface area contributed by atoms with E-state index in [-0.39, 0.29) is 0 Å². The van der Waals surface area contributed by atoms with E-state index in [4.69, 9.17) is 5.73 Å². The molecule has 1 unspecified atom stereocenters. The molecule has 1 aliphatic heterocycles. The van der Waals surface area contributed by atoms with Crippen LogP contribution in [0.2, 0.25) is 0 Å². The van der Waals surface area contributed by atoms with Crippen molar-refractivity contribution in [2.45, 2.75) is 30.2 Å². The minimum atomic E-state index is -0.752. The summed E-state index contributed by atoms with van der Waals surface area (Å²) in [7, 11) is 0. The third-order valence-corrected chi connectivity index (χ3v) is 4.66. The molecule has 0 aromatic heterocycles. The maximum atomic E-state index is 11.2. The standard InChI is InChI=1S/C12H15BrN2O2S/c13-8-4-5-11(9(14)7-8)18-15-6-2-1-3-10(15)12(16)17/h4-5,7,10H,1-3,6,14H2,(H,16,17). The predicted molar refractivity (Wildman–Crippen MR) is 76.4 cm³/mol. The van der Waals surface area contributed by atoms with E-state index in [1.165, 1.54) is 11.9 Å². The monoisotopic (exact) mass is 330 g/mol. The Morgan fingerprint density at radius 3 is 2.94 bits per heavy atom. The number of piperidine rings is 1. The van der Waals surface area contributed by atoms with Gasteiger partial charge in [0.25, 0.3) is 0 Å². The second-order valence-electron chi connectivity index (χ2n) is 4.26. The highest BCUT2D eigenvalue weighted by Gasteiger charge is 2.29. The van der Waals surface area contributed by atoms with Crippen LogP contribution in [0.25, 0.3) is 0 Å². The van der Waals surface area contributed by atoms with E-state index in [0.717, 1.165) is 28.8 Å². The lowest BCUT2D eigenvalue weighted by Gasteiger charge is -2.31. The lowest BCUT2D eigenvalue weighted by Crippen LogP contribution is -2.40. The number of aliphatic carboxylic acids is 1. The number of benzene rings is 1. The van der Waals surface area contributed by atoms with Crippen LogP contribution in [0.5, 0.6) is 0 Å². The quantitative estimate of drug-likeness (QED) is 0.658. The van der Waals surface area contributed by atoms with Gasteiger partial charge in [-0.25, -0.2) is 4.31 Å². The number of carbonyl (C=O) groups is 1. The molecular formula is C12H15BrN2O2S. The third kappa shape index (κ3) is 3.18. The molecule has 1 saturated heterocycles. The van der Waals surface area contributed by atoms with Gasteiger partial charge in [0.2, 0.25) is 0 Å². The smallest absolute Gasteiger partial charge is 0.321 e. The fourth-order valence-electron chi connectivity index (χ4n) is 1.99. The minimum absolute atomic E-state index is 0.410. The summed E-state index contributed by atoms with van der Waals surface area (Å²) in [6, 6.07) is 5.25. The van der Waals surface area contributed by atoms with Crippen molar-refractivity contribution < 1.29 is 9.90 Å². The first-order valence-electron chi connectivity index (χ1n) is 5.80. The first-order valence-corrected chi connectivity index (χ1v) is 7.37. The number of carboxylic acid groups (broad SMARTS) is 1. The first-order chi connectivity index (χ1) is 8.58. The molecule has 3 N–H and O–H groups in total. The molecule has 0 radical (unpaired) electrons. The molecule has 18 heavy (non-hydrogen) atoms. The predicted octanol–water partition coefficient (Wildman–Crippen LogP) is 2.98. The van der Waals surface area contributed by atoms with E-state index < -0.39 is 12.0 Å². The molecule has 1 fully saturated rings. The molecule has 98 valence electrons. The van der Waals surface area contributed by atoms with Crippen LogP contribution in [-0.4, -0.2) is 28.0 Å². The number of nitrogens with zero attached hydrogens (tertiary/aromatic N) is 1. The van der Waals surface area contributed by atoms with Crippen molar-refractivity contribution in [1.82, 2.24) is 4.31 Å². The lowest BCUT2D eigenvalue weighted by molar-refractivity contribution is -0.142. The van der Waals surface area contributed by atoms with Crippen molar-refractivity contribution in [2.24, 2.45) is 0 Å². The number of carboxylic acids is 1. The Bertz CT molecular complexity index is 456. The molecular weight excluding hydrogens is 316 g/mol. The Hall–Kier alpha value is -0.720. The summed E-state index contributed by atoms with van der Waals surface area (Å²) in [6.07, 6.45) is 2.72. The Morgan fingerprint density at radius 2 is 2.28 bits per heavy atom. The summed E-state index contributed by atoms with van der Waals surface area (Å²) in [5.41, 5.74) is 6.61. The SMILES string of the molecule is Nc1cc(Br)ccc1SN1CCCCC1C(=O)O. The van der Waals surface area contributed by atoms with Crippen LogP contribution in [0.4, 0.5) is 5.69 Å². The van der Waals surface area contributed by atoms with Gasteiger partial charge in [0.05, 0.1) is 0 Å². The molecule has 0 bridgehead atoms. The number of halogens is 1. The second kappa shape index (κ2) is 5.95. The zero-order valence-corrected chi connectivity index (χ0v) is 12.2. The Balaban J connectivity index is 2.13. The molecule has 0 aliphatic carbocycles. The Kier molecular flexibility index (Phi) is 4.53. The summed E-state index contributed by atoms with van der Waals surface area (Å²) in [4.78, 5) is 12.1. The zero-order valence-electron chi connectivity index (χ0n) is 9.80. The number of hydrogen-bond acceptors (Lipinski definition) is 4. The fourth-order valence-corrected chi connectivity index (χ4v) is 3.46. The van der Waals surface area contributed by atoms with Gasteiger partial charge >= 0.3 is 5.97 Å². The van der Waals surface area contributed by atoms with E-state index in [1.807, 2.05) is 22.5 Å². The summed E-state index contributed by atoms with van der Waals surface area (Å²) < 4.78 is 2.85. The van der Waals surface area contributed by atoms with Gasteiger partial charge in [-0.05, 0) is 49.4 Å². The molecule has 1 aromatic rings. The van der Waals surface area contributed by atoms with Crippen molar-refractivity contribution >= 4 is 39.5 Å². The van der Waals surface area contributed by atoms with Gasteiger partial charge in [-0.1, -0.05) is 15.9 Å². The average Bonchev–Trinajstić information content (AvgIpc) is 2.33. The van der Waals surface area contributed by atoms with Crippen molar-refractivity contribution in [3.05, 3.63) is 22.7 Å². The van der Waals surface area contributed by atoms with Gasteiger partial charge in [-0.3, -0.25) is 4.79 Å². The topological polar surface area (TPSA) is 66.6 Å². The normalized spacial score (nSPS) is 20.8. The van der Waals surface area contributed by atoms with Crippen molar-refractivity contribution in [1.29, 1.82) is 0 Å². The summed E-state index contributed by atoms with van der Waals surface area (Å²) >= 11 is 4.80. The molecule has 0 saturated carbocycles. The number of nitrogen functional groups attached to an aromatic ring is 1. The minimum Gasteiger partial charge on any atom is -0.480 e. The zero-order chi connectivity index (χ0) is 13.1. The van der Waals surface area contributed by atoms with Gasteiger partial charge in [-0.2, -0.15) is 0 Å². The van der Waals surface area contributed by atoms with Crippen LogP contribution in [0.3, 0.4) is 0 Å². The molecule has 1 atom stereocenters. The molecule has 0 amide bonds.